The Bertz CT molecular complexity index is 453. The van der Waals surface area contributed by atoms with Crippen LogP contribution in [-0.2, 0) is 4.79 Å². The molecule has 1 saturated heterocycles. The molecule has 0 aromatic rings. The minimum Gasteiger partial charge on any atom is -0.355 e. The van der Waals surface area contributed by atoms with Gasteiger partial charge in [-0.25, -0.2) is 0 Å². The van der Waals surface area contributed by atoms with E-state index in [1.807, 2.05) is 7.05 Å². The summed E-state index contributed by atoms with van der Waals surface area (Å²) in [6.45, 7) is 8.02. The molecule has 1 saturated carbocycles. The van der Waals surface area contributed by atoms with Gasteiger partial charge in [-0.2, -0.15) is 0 Å². The van der Waals surface area contributed by atoms with Gasteiger partial charge >= 0.3 is 0 Å². The number of guanidine groups is 1. The van der Waals surface area contributed by atoms with E-state index in [0.717, 1.165) is 57.8 Å². The molecule has 2 fully saturated rings. The van der Waals surface area contributed by atoms with Gasteiger partial charge in [0.1, 0.15) is 0 Å². The molecule has 2 rings (SSSR count). The van der Waals surface area contributed by atoms with Crippen LogP contribution in [0.1, 0.15) is 52.4 Å². The van der Waals surface area contributed by atoms with Crippen LogP contribution in [0.2, 0.25) is 0 Å². The topological polar surface area (TPSA) is 60.0 Å². The van der Waals surface area contributed by atoms with Crippen LogP contribution in [0.25, 0.3) is 0 Å². The molecule has 1 heterocycles. The molecule has 2 N–H and O–H groups in total. The van der Waals surface area contributed by atoms with Gasteiger partial charge in [-0.1, -0.05) is 19.8 Å². The molecule has 0 aromatic carbocycles. The maximum atomic E-state index is 12.5. The number of hydrogen-bond acceptors (Lipinski definition) is 3. The van der Waals surface area contributed by atoms with Gasteiger partial charge < -0.3 is 20.4 Å². The van der Waals surface area contributed by atoms with E-state index in [-0.39, 0.29) is 29.9 Å². The zero-order chi connectivity index (χ0) is 18.2. The predicted molar refractivity (Wildman–Crippen MR) is 119 cm³/mol. The van der Waals surface area contributed by atoms with Crippen molar-refractivity contribution in [1.82, 2.24) is 20.4 Å². The predicted octanol–water partition coefficient (Wildman–Crippen LogP) is 2.29. The summed E-state index contributed by atoms with van der Waals surface area (Å²) in [5.41, 5.74) is 0. The highest BCUT2D eigenvalue weighted by Gasteiger charge is 2.32. The van der Waals surface area contributed by atoms with Crippen LogP contribution >= 0.6 is 24.0 Å². The molecule has 1 aliphatic heterocycles. The first kappa shape index (κ1) is 23.5. The molecule has 2 unspecified atom stereocenters. The SMILES string of the molecule is CCC(C)N(C)CCNC(=NC)NC1CCN(C(=O)C2CCCC2)C1.I. The van der Waals surface area contributed by atoms with Crippen molar-refractivity contribution in [3.8, 4) is 0 Å². The molecular weight excluding hydrogens is 441 g/mol. The zero-order valence-corrected chi connectivity index (χ0v) is 19.3. The third-order valence-electron chi connectivity index (χ3n) is 5.87. The van der Waals surface area contributed by atoms with Gasteiger partial charge in [0.2, 0.25) is 5.91 Å². The second-order valence-corrected chi connectivity index (χ2v) is 7.63. The Hall–Kier alpha value is -0.570. The van der Waals surface area contributed by atoms with Gasteiger partial charge in [-0.05, 0) is 39.7 Å². The Balaban J connectivity index is 0.00000338. The summed E-state index contributed by atoms with van der Waals surface area (Å²) in [7, 11) is 3.97. The third kappa shape index (κ3) is 6.87. The molecule has 0 radical (unpaired) electrons. The van der Waals surface area contributed by atoms with E-state index in [1.54, 1.807) is 0 Å². The highest BCUT2D eigenvalue weighted by atomic mass is 127. The van der Waals surface area contributed by atoms with E-state index in [1.165, 1.54) is 12.8 Å². The minimum atomic E-state index is 0. The van der Waals surface area contributed by atoms with Crippen molar-refractivity contribution in [3.63, 3.8) is 0 Å². The molecule has 1 amide bonds. The van der Waals surface area contributed by atoms with Crippen molar-refractivity contribution < 1.29 is 4.79 Å². The summed E-state index contributed by atoms with van der Waals surface area (Å²) < 4.78 is 0. The number of carbonyl (C=O) groups excluding carboxylic acids is 1. The molecule has 1 aliphatic carbocycles. The fourth-order valence-corrected chi connectivity index (χ4v) is 3.78. The molecule has 0 bridgehead atoms. The van der Waals surface area contributed by atoms with Gasteiger partial charge in [0.05, 0.1) is 0 Å². The summed E-state index contributed by atoms with van der Waals surface area (Å²) in [6, 6.07) is 0.908. The van der Waals surface area contributed by atoms with Crippen molar-refractivity contribution in [3.05, 3.63) is 0 Å². The Labute approximate surface area is 176 Å². The summed E-state index contributed by atoms with van der Waals surface area (Å²) in [5, 5.41) is 6.88. The Morgan fingerprint density at radius 2 is 2.00 bits per heavy atom. The van der Waals surface area contributed by atoms with E-state index < -0.39 is 0 Å². The standard InChI is InChI=1S/C19H37N5O.HI/c1-5-15(2)23(4)13-11-21-19(20-3)22-17-10-12-24(14-17)18(25)16-8-6-7-9-16;/h15-17H,5-14H2,1-4H3,(H2,20,21,22);1H. The maximum absolute atomic E-state index is 12.5. The van der Waals surface area contributed by atoms with Gasteiger partial charge in [0, 0.05) is 51.2 Å². The number of likely N-dealkylation sites (tertiary alicyclic amines) is 1. The molecule has 6 nitrogen and oxygen atoms in total. The van der Waals surface area contributed by atoms with Crippen molar-refractivity contribution in [2.24, 2.45) is 10.9 Å². The molecule has 0 aromatic heterocycles. The minimum absolute atomic E-state index is 0. The van der Waals surface area contributed by atoms with Crippen molar-refractivity contribution in [1.29, 1.82) is 0 Å². The van der Waals surface area contributed by atoms with Crippen LogP contribution in [0.15, 0.2) is 4.99 Å². The average Bonchev–Trinajstić information content (AvgIpc) is 3.31. The Morgan fingerprint density at radius 3 is 2.62 bits per heavy atom. The van der Waals surface area contributed by atoms with Crippen LogP contribution in [0, 0.1) is 5.92 Å². The third-order valence-corrected chi connectivity index (χ3v) is 5.87. The van der Waals surface area contributed by atoms with Crippen LogP contribution in [-0.4, -0.2) is 74.0 Å². The Morgan fingerprint density at radius 1 is 1.31 bits per heavy atom. The number of amides is 1. The molecule has 0 spiro atoms. The van der Waals surface area contributed by atoms with Crippen molar-refractivity contribution in [2.45, 2.75) is 64.5 Å². The second kappa shape index (κ2) is 12.0. The van der Waals surface area contributed by atoms with Crippen LogP contribution < -0.4 is 10.6 Å². The van der Waals surface area contributed by atoms with Gasteiger partial charge in [0.15, 0.2) is 5.96 Å². The second-order valence-electron chi connectivity index (χ2n) is 7.63. The molecule has 2 aliphatic rings. The van der Waals surface area contributed by atoms with E-state index in [0.29, 0.717) is 18.0 Å². The fourth-order valence-electron chi connectivity index (χ4n) is 3.78. The molecular formula is C19H38IN5O. The maximum Gasteiger partial charge on any atom is 0.225 e. The lowest BCUT2D eigenvalue weighted by atomic mass is 10.1. The van der Waals surface area contributed by atoms with E-state index in [4.69, 9.17) is 0 Å². The van der Waals surface area contributed by atoms with E-state index in [2.05, 4.69) is 46.3 Å². The van der Waals surface area contributed by atoms with Crippen LogP contribution in [0.5, 0.6) is 0 Å². The highest BCUT2D eigenvalue weighted by molar-refractivity contribution is 14.0. The molecule has 7 heteroatoms. The first-order valence-electron chi connectivity index (χ1n) is 10.0. The zero-order valence-electron chi connectivity index (χ0n) is 17.0. The first-order valence-corrected chi connectivity index (χ1v) is 10.0. The lowest BCUT2D eigenvalue weighted by Crippen LogP contribution is -2.47. The van der Waals surface area contributed by atoms with Crippen LogP contribution in [0.4, 0.5) is 0 Å². The Kier molecular flexibility index (Phi) is 10.8. The lowest BCUT2D eigenvalue weighted by Gasteiger charge is -2.24. The number of nitrogens with one attached hydrogen (secondary N) is 2. The first-order chi connectivity index (χ1) is 12.0. The van der Waals surface area contributed by atoms with Gasteiger partial charge in [-0.3, -0.25) is 9.79 Å². The monoisotopic (exact) mass is 479 g/mol. The number of halogens is 1. The van der Waals surface area contributed by atoms with E-state index in [9.17, 15) is 4.79 Å². The van der Waals surface area contributed by atoms with Crippen molar-refractivity contribution >= 4 is 35.8 Å². The molecule has 2 atom stereocenters. The van der Waals surface area contributed by atoms with E-state index >= 15 is 0 Å². The fraction of sp³-hybridized carbons (Fsp3) is 0.895. The smallest absolute Gasteiger partial charge is 0.225 e. The summed E-state index contributed by atoms with van der Waals surface area (Å²) in [5.74, 6) is 1.50. The number of nitrogens with zero attached hydrogens (tertiary/aromatic N) is 3. The number of hydrogen-bond donors (Lipinski definition) is 2. The average molecular weight is 479 g/mol. The number of rotatable bonds is 7. The summed E-state index contributed by atoms with van der Waals surface area (Å²) in [6.07, 6.45) is 6.77. The number of carbonyl (C=O) groups is 1. The lowest BCUT2D eigenvalue weighted by molar-refractivity contribution is -0.134. The van der Waals surface area contributed by atoms with Gasteiger partial charge in [-0.15, -0.1) is 24.0 Å². The molecule has 152 valence electrons. The number of likely N-dealkylation sites (N-methyl/N-ethyl adjacent to an activating group) is 1. The highest BCUT2D eigenvalue weighted by Crippen LogP contribution is 2.27. The largest absolute Gasteiger partial charge is 0.355 e. The van der Waals surface area contributed by atoms with Crippen molar-refractivity contribution in [2.75, 3.05) is 40.3 Å². The summed E-state index contributed by atoms with van der Waals surface area (Å²) >= 11 is 0. The van der Waals surface area contributed by atoms with Gasteiger partial charge in [0.25, 0.3) is 0 Å². The van der Waals surface area contributed by atoms with Crippen LogP contribution in [0.3, 0.4) is 0 Å². The molecule has 26 heavy (non-hydrogen) atoms. The quantitative estimate of drug-likeness (QED) is 0.334. The normalized spacial score (nSPS) is 22.4. The number of aliphatic imine (C=N–C) groups is 1. The summed E-state index contributed by atoms with van der Waals surface area (Å²) in [4.78, 5) is 21.3.